The fraction of sp³-hybridized carbons (Fsp3) is 0.125. The van der Waals surface area contributed by atoms with Gasteiger partial charge in [0.15, 0.2) is 0 Å². The molecule has 14 heavy (non-hydrogen) atoms. The third-order valence-electron chi connectivity index (χ3n) is 1.52. The van der Waals surface area contributed by atoms with E-state index in [1.54, 1.807) is 35.1 Å². The van der Waals surface area contributed by atoms with Crippen LogP contribution in [0.4, 0.5) is 0 Å². The third kappa shape index (κ3) is 3.25. The summed E-state index contributed by atoms with van der Waals surface area (Å²) in [7, 11) is -4.40. The van der Waals surface area contributed by atoms with Crippen LogP contribution < -0.4 is 4.72 Å². The number of carbonyl (C=O) groups excluding carboxylic acids is 1. The molecule has 0 aromatic heterocycles. The van der Waals surface area contributed by atoms with E-state index in [4.69, 9.17) is 4.55 Å². The van der Waals surface area contributed by atoms with Gasteiger partial charge in [0.1, 0.15) is 6.04 Å². The Labute approximate surface area is 81.6 Å². The zero-order valence-corrected chi connectivity index (χ0v) is 7.86. The predicted octanol–water partition coefficient (Wildman–Crippen LogP) is 0.230. The van der Waals surface area contributed by atoms with Gasteiger partial charge in [0.05, 0.1) is 0 Å². The monoisotopic (exact) mass is 214 g/mol. The van der Waals surface area contributed by atoms with E-state index in [2.05, 4.69) is 0 Å². The van der Waals surface area contributed by atoms with Gasteiger partial charge in [0.2, 0.25) is 6.29 Å². The summed E-state index contributed by atoms with van der Waals surface area (Å²) >= 11 is 0. The number of benzene rings is 1. The van der Waals surface area contributed by atoms with E-state index in [-0.39, 0.29) is 0 Å². The average molecular weight is 214 g/mol. The molecule has 0 amide bonds. The van der Waals surface area contributed by atoms with Gasteiger partial charge in [0.25, 0.3) is 0 Å². The lowest BCUT2D eigenvalue weighted by Gasteiger charge is -2.08. The van der Waals surface area contributed by atoms with Crippen molar-refractivity contribution in [2.45, 2.75) is 6.04 Å². The van der Waals surface area contributed by atoms with Crippen LogP contribution in [0.3, 0.4) is 0 Å². The fourth-order valence-electron chi connectivity index (χ4n) is 0.955. The van der Waals surface area contributed by atoms with Gasteiger partial charge in [-0.05, 0) is 5.56 Å². The Hall–Kier alpha value is -1.24. The smallest absolute Gasteiger partial charge is 0.289 e. The van der Waals surface area contributed by atoms with E-state index in [1.807, 2.05) is 0 Å². The lowest BCUT2D eigenvalue weighted by atomic mass is 10.1. The molecule has 1 radical (unpaired) electrons. The molecule has 0 fully saturated rings. The Kier molecular flexibility index (Phi) is 3.34. The Morgan fingerprint density at radius 2 is 1.86 bits per heavy atom. The lowest BCUT2D eigenvalue weighted by Crippen LogP contribution is -2.28. The van der Waals surface area contributed by atoms with Crippen molar-refractivity contribution in [3.8, 4) is 0 Å². The van der Waals surface area contributed by atoms with Gasteiger partial charge in [0, 0.05) is 0 Å². The van der Waals surface area contributed by atoms with E-state index in [0.717, 1.165) is 0 Å². The minimum absolute atomic E-state index is 0.417. The average Bonchev–Trinajstić information content (AvgIpc) is 2.14. The van der Waals surface area contributed by atoms with Crippen LogP contribution in [0.1, 0.15) is 11.6 Å². The molecule has 1 aromatic carbocycles. The molecular formula is C8H8NO4S. The van der Waals surface area contributed by atoms with Crippen LogP contribution in [-0.4, -0.2) is 19.3 Å². The first-order chi connectivity index (χ1) is 6.53. The van der Waals surface area contributed by atoms with Crippen molar-refractivity contribution in [1.82, 2.24) is 4.72 Å². The van der Waals surface area contributed by atoms with Crippen LogP contribution in [-0.2, 0) is 15.1 Å². The molecule has 0 saturated carbocycles. The van der Waals surface area contributed by atoms with Crippen molar-refractivity contribution in [3.63, 3.8) is 0 Å². The predicted molar refractivity (Wildman–Crippen MR) is 49.6 cm³/mol. The first kappa shape index (κ1) is 10.8. The maximum atomic E-state index is 10.4. The molecule has 0 bridgehead atoms. The van der Waals surface area contributed by atoms with Crippen molar-refractivity contribution in [3.05, 3.63) is 35.9 Å². The SMILES string of the molecule is O=[C]C(NS(=O)(=O)O)c1ccccc1. The summed E-state index contributed by atoms with van der Waals surface area (Å²) in [5.74, 6) is 0. The minimum Gasteiger partial charge on any atom is -0.289 e. The third-order valence-corrected chi connectivity index (χ3v) is 2.05. The van der Waals surface area contributed by atoms with E-state index < -0.39 is 16.3 Å². The summed E-state index contributed by atoms with van der Waals surface area (Å²) in [6.07, 6.45) is 1.47. The summed E-state index contributed by atoms with van der Waals surface area (Å²) in [5, 5.41) is 0. The summed E-state index contributed by atoms with van der Waals surface area (Å²) < 4.78 is 31.1. The van der Waals surface area contributed by atoms with Gasteiger partial charge in [-0.2, -0.15) is 13.1 Å². The largest absolute Gasteiger partial charge is 0.334 e. The number of hydrogen-bond acceptors (Lipinski definition) is 3. The molecule has 1 atom stereocenters. The van der Waals surface area contributed by atoms with Crippen LogP contribution in [0.2, 0.25) is 0 Å². The normalized spacial score (nSPS) is 13.5. The molecule has 1 aromatic rings. The van der Waals surface area contributed by atoms with Gasteiger partial charge >= 0.3 is 10.3 Å². The topological polar surface area (TPSA) is 83.5 Å². The van der Waals surface area contributed by atoms with Crippen LogP contribution in [0.15, 0.2) is 30.3 Å². The molecule has 0 aliphatic carbocycles. The molecule has 0 saturated heterocycles. The Morgan fingerprint density at radius 3 is 2.29 bits per heavy atom. The van der Waals surface area contributed by atoms with Gasteiger partial charge < -0.3 is 0 Å². The number of hydrogen-bond donors (Lipinski definition) is 2. The molecule has 0 aliphatic heterocycles. The second kappa shape index (κ2) is 4.32. The summed E-state index contributed by atoms with van der Waals surface area (Å²) in [4.78, 5) is 10.4. The number of nitrogens with one attached hydrogen (secondary N) is 1. The Balaban J connectivity index is 2.89. The Bertz CT molecular complexity index is 401. The summed E-state index contributed by atoms with van der Waals surface area (Å²) in [6, 6.07) is 6.93. The maximum absolute atomic E-state index is 10.4. The second-order valence-electron chi connectivity index (χ2n) is 2.55. The summed E-state index contributed by atoms with van der Waals surface area (Å²) in [6.45, 7) is 0. The van der Waals surface area contributed by atoms with Gasteiger partial charge in [-0.15, -0.1) is 0 Å². The number of rotatable bonds is 4. The summed E-state index contributed by atoms with van der Waals surface area (Å²) in [5.41, 5.74) is 0.417. The quantitative estimate of drug-likeness (QED) is 0.703. The molecule has 0 heterocycles. The highest BCUT2D eigenvalue weighted by molar-refractivity contribution is 7.83. The Morgan fingerprint density at radius 1 is 1.29 bits per heavy atom. The molecule has 75 valence electrons. The van der Waals surface area contributed by atoms with Crippen molar-refractivity contribution in [2.75, 3.05) is 0 Å². The molecule has 0 aliphatic rings. The molecule has 6 heteroatoms. The molecule has 0 spiro atoms. The molecular weight excluding hydrogens is 206 g/mol. The van der Waals surface area contributed by atoms with E-state index in [1.165, 1.54) is 6.29 Å². The van der Waals surface area contributed by atoms with E-state index in [0.29, 0.717) is 5.56 Å². The van der Waals surface area contributed by atoms with Crippen LogP contribution in [0, 0.1) is 0 Å². The van der Waals surface area contributed by atoms with Crippen molar-refractivity contribution in [1.29, 1.82) is 0 Å². The van der Waals surface area contributed by atoms with Crippen molar-refractivity contribution >= 4 is 16.6 Å². The van der Waals surface area contributed by atoms with Crippen LogP contribution in [0.25, 0.3) is 0 Å². The fourth-order valence-corrected chi connectivity index (χ4v) is 1.44. The minimum atomic E-state index is -4.40. The first-order valence-corrected chi connectivity index (χ1v) is 5.14. The maximum Gasteiger partial charge on any atom is 0.334 e. The first-order valence-electron chi connectivity index (χ1n) is 3.70. The van der Waals surface area contributed by atoms with Gasteiger partial charge in [-0.25, -0.2) is 0 Å². The molecule has 2 N–H and O–H groups in total. The highest BCUT2D eigenvalue weighted by Crippen LogP contribution is 2.10. The standard InChI is InChI=1S/C8H8NO4S/c10-6-8(9-14(11,12)13)7-4-2-1-3-5-7/h1-5,8-9H,(H,11,12,13). The van der Waals surface area contributed by atoms with Gasteiger partial charge in [-0.3, -0.25) is 9.35 Å². The van der Waals surface area contributed by atoms with E-state index >= 15 is 0 Å². The molecule has 1 rings (SSSR count). The van der Waals surface area contributed by atoms with Crippen LogP contribution >= 0.6 is 0 Å². The van der Waals surface area contributed by atoms with Crippen LogP contribution in [0.5, 0.6) is 0 Å². The second-order valence-corrected chi connectivity index (χ2v) is 3.74. The zero-order chi connectivity index (χ0) is 10.6. The molecule has 1 unspecified atom stereocenters. The van der Waals surface area contributed by atoms with Gasteiger partial charge in [-0.1, -0.05) is 30.3 Å². The molecule has 5 nitrogen and oxygen atoms in total. The zero-order valence-electron chi connectivity index (χ0n) is 7.04. The van der Waals surface area contributed by atoms with Crippen molar-refractivity contribution < 1.29 is 17.8 Å². The van der Waals surface area contributed by atoms with Crippen molar-refractivity contribution in [2.24, 2.45) is 0 Å². The van der Waals surface area contributed by atoms with E-state index in [9.17, 15) is 13.2 Å². The highest BCUT2D eigenvalue weighted by atomic mass is 32.2. The highest BCUT2D eigenvalue weighted by Gasteiger charge is 2.16. The lowest BCUT2D eigenvalue weighted by molar-refractivity contribution is 0.459.